The summed E-state index contributed by atoms with van der Waals surface area (Å²) in [4.78, 5) is 27.3. The molecule has 2 heterocycles. The minimum Gasteiger partial charge on any atom is -0.467 e. The Morgan fingerprint density at radius 2 is 1.79 bits per heavy atom. The molecule has 0 unspecified atom stereocenters. The van der Waals surface area contributed by atoms with Crippen LogP contribution in [0.2, 0.25) is 0 Å². The van der Waals surface area contributed by atoms with E-state index >= 15 is 0 Å². The molecule has 1 amide bonds. The van der Waals surface area contributed by atoms with Crippen molar-refractivity contribution < 1.29 is 23.4 Å². The monoisotopic (exact) mass is 451 g/mol. The van der Waals surface area contributed by atoms with Gasteiger partial charge in [-0.2, -0.15) is 0 Å². The Labute approximate surface area is 192 Å². The second-order valence-electron chi connectivity index (χ2n) is 8.34. The van der Waals surface area contributed by atoms with Gasteiger partial charge in [-0.1, -0.05) is 30.3 Å². The van der Waals surface area contributed by atoms with E-state index in [9.17, 15) is 9.59 Å². The van der Waals surface area contributed by atoms with Gasteiger partial charge in [-0.3, -0.25) is 4.79 Å². The van der Waals surface area contributed by atoms with Crippen molar-refractivity contribution in [3.63, 3.8) is 0 Å². The predicted molar refractivity (Wildman–Crippen MR) is 125 cm³/mol. The molecule has 1 aliphatic rings. The van der Waals surface area contributed by atoms with Gasteiger partial charge in [0.05, 0.1) is 5.39 Å². The third kappa shape index (κ3) is 4.88. The molecule has 1 saturated heterocycles. The zero-order valence-corrected chi connectivity index (χ0v) is 19.3. The number of carbonyl (C=O) groups excluding carboxylic acids is 1. The Morgan fingerprint density at radius 1 is 1.06 bits per heavy atom. The Balaban J connectivity index is 1.48. The van der Waals surface area contributed by atoms with Gasteiger partial charge in [-0.25, -0.2) is 4.79 Å². The van der Waals surface area contributed by atoms with E-state index in [0.29, 0.717) is 54.0 Å². The van der Waals surface area contributed by atoms with Crippen molar-refractivity contribution in [3.8, 4) is 5.75 Å². The van der Waals surface area contributed by atoms with Gasteiger partial charge < -0.3 is 23.5 Å². The van der Waals surface area contributed by atoms with Crippen LogP contribution in [0.5, 0.6) is 5.75 Å². The molecule has 0 aliphatic carbocycles. The molecule has 33 heavy (non-hydrogen) atoms. The summed E-state index contributed by atoms with van der Waals surface area (Å²) < 4.78 is 22.4. The van der Waals surface area contributed by atoms with Gasteiger partial charge in [0.1, 0.15) is 23.7 Å². The van der Waals surface area contributed by atoms with Gasteiger partial charge in [0.2, 0.25) is 0 Å². The van der Waals surface area contributed by atoms with Gasteiger partial charge in [0.15, 0.2) is 12.2 Å². The third-order valence-corrected chi connectivity index (χ3v) is 6.18. The van der Waals surface area contributed by atoms with E-state index in [1.54, 1.807) is 24.1 Å². The Bertz CT molecular complexity index is 1180. The van der Waals surface area contributed by atoms with Crippen LogP contribution in [0.4, 0.5) is 4.79 Å². The van der Waals surface area contributed by atoms with Crippen LogP contribution < -0.4 is 10.2 Å². The number of fused-ring (bicyclic) bond motifs is 1. The standard InChI is InChI=1S/C26H29NO6/c1-17-22(32-16-30-3)10-9-21-23(28)18(2)24(33-25(17)21)20-11-13-27(14-12-20)26(29)31-15-19-7-5-4-6-8-19/h4-10,20H,11-16H2,1-3H3. The zero-order valence-electron chi connectivity index (χ0n) is 19.3. The van der Waals surface area contributed by atoms with Gasteiger partial charge in [-0.05, 0) is 44.4 Å². The summed E-state index contributed by atoms with van der Waals surface area (Å²) in [5, 5.41) is 0.542. The average Bonchev–Trinajstić information content (AvgIpc) is 2.85. The third-order valence-electron chi connectivity index (χ3n) is 6.18. The van der Waals surface area contributed by atoms with Crippen molar-refractivity contribution in [2.75, 3.05) is 27.0 Å². The minimum absolute atomic E-state index is 0.0302. The molecule has 0 N–H and O–H groups in total. The summed E-state index contributed by atoms with van der Waals surface area (Å²) in [6.07, 6.45) is 1.09. The first-order valence-electron chi connectivity index (χ1n) is 11.1. The van der Waals surface area contributed by atoms with Crippen LogP contribution in [0.1, 0.15) is 41.2 Å². The number of methoxy groups -OCH3 is 1. The molecular formula is C26H29NO6. The summed E-state index contributed by atoms with van der Waals surface area (Å²) >= 11 is 0. The van der Waals surface area contributed by atoms with Crippen LogP contribution >= 0.6 is 0 Å². The van der Waals surface area contributed by atoms with E-state index in [-0.39, 0.29) is 30.8 Å². The molecule has 0 spiro atoms. The van der Waals surface area contributed by atoms with Crippen LogP contribution in [-0.4, -0.2) is 38.0 Å². The number of ether oxygens (including phenoxy) is 3. The number of hydrogen-bond donors (Lipinski definition) is 0. The second kappa shape index (κ2) is 10.1. The number of rotatable bonds is 6. The smallest absolute Gasteiger partial charge is 0.410 e. The molecule has 1 aliphatic heterocycles. The van der Waals surface area contributed by atoms with Crippen LogP contribution in [0.25, 0.3) is 11.0 Å². The Hall–Kier alpha value is -3.32. The Morgan fingerprint density at radius 3 is 2.48 bits per heavy atom. The number of carbonyl (C=O) groups is 1. The number of benzene rings is 2. The molecule has 0 atom stereocenters. The predicted octanol–water partition coefficient (Wildman–Crippen LogP) is 4.91. The molecule has 3 aromatic rings. The number of hydrogen-bond acceptors (Lipinski definition) is 6. The number of piperidine rings is 1. The quantitative estimate of drug-likeness (QED) is 0.496. The number of nitrogens with zero attached hydrogens (tertiary/aromatic N) is 1. The van der Waals surface area contributed by atoms with E-state index in [1.807, 2.05) is 44.2 Å². The SMILES string of the molecule is COCOc1ccc2c(=O)c(C)c(C3CCN(C(=O)OCc4ccccc4)CC3)oc2c1C. The van der Waals surface area contributed by atoms with Crippen LogP contribution in [0.3, 0.4) is 0 Å². The second-order valence-corrected chi connectivity index (χ2v) is 8.34. The summed E-state index contributed by atoms with van der Waals surface area (Å²) in [7, 11) is 1.56. The highest BCUT2D eigenvalue weighted by Gasteiger charge is 2.28. The highest BCUT2D eigenvalue weighted by molar-refractivity contribution is 5.82. The summed E-state index contributed by atoms with van der Waals surface area (Å²) in [5.41, 5.74) is 2.86. The van der Waals surface area contributed by atoms with E-state index in [2.05, 4.69) is 0 Å². The normalized spacial score (nSPS) is 14.5. The molecule has 0 saturated carbocycles. The fraction of sp³-hybridized carbons (Fsp3) is 0.385. The van der Waals surface area contributed by atoms with E-state index in [0.717, 1.165) is 11.1 Å². The van der Waals surface area contributed by atoms with Crippen LogP contribution in [0.15, 0.2) is 51.7 Å². The number of likely N-dealkylation sites (tertiary alicyclic amines) is 1. The molecule has 7 heteroatoms. The molecule has 7 nitrogen and oxygen atoms in total. The Kier molecular flexibility index (Phi) is 6.99. The molecule has 4 rings (SSSR count). The van der Waals surface area contributed by atoms with Crippen molar-refractivity contribution in [3.05, 3.63) is 75.1 Å². The lowest BCUT2D eigenvalue weighted by atomic mass is 9.91. The fourth-order valence-electron chi connectivity index (χ4n) is 4.29. The maximum Gasteiger partial charge on any atom is 0.410 e. The highest BCUT2D eigenvalue weighted by atomic mass is 16.7. The summed E-state index contributed by atoms with van der Waals surface area (Å²) in [6.45, 7) is 5.16. The number of amides is 1. The van der Waals surface area contributed by atoms with Gasteiger partial charge >= 0.3 is 6.09 Å². The van der Waals surface area contributed by atoms with Crippen LogP contribution in [0, 0.1) is 13.8 Å². The lowest BCUT2D eigenvalue weighted by molar-refractivity contribution is 0.0507. The first-order chi connectivity index (χ1) is 16.0. The number of aryl methyl sites for hydroxylation is 1. The van der Waals surface area contributed by atoms with E-state index in [1.165, 1.54) is 0 Å². The molecule has 0 radical (unpaired) electrons. The topological polar surface area (TPSA) is 78.2 Å². The first-order valence-corrected chi connectivity index (χ1v) is 11.1. The maximum atomic E-state index is 13.1. The van der Waals surface area contributed by atoms with Crippen molar-refractivity contribution in [1.82, 2.24) is 4.90 Å². The zero-order chi connectivity index (χ0) is 23.4. The molecule has 174 valence electrons. The van der Waals surface area contributed by atoms with Crippen molar-refractivity contribution in [1.29, 1.82) is 0 Å². The van der Waals surface area contributed by atoms with Gasteiger partial charge in [0.25, 0.3) is 0 Å². The first kappa shape index (κ1) is 22.9. The highest BCUT2D eigenvalue weighted by Crippen LogP contribution is 2.34. The maximum absolute atomic E-state index is 13.1. The lowest BCUT2D eigenvalue weighted by Gasteiger charge is -2.31. The summed E-state index contributed by atoms with van der Waals surface area (Å²) in [6, 6.07) is 13.1. The van der Waals surface area contributed by atoms with Gasteiger partial charge in [0, 0.05) is 37.2 Å². The average molecular weight is 452 g/mol. The van der Waals surface area contributed by atoms with E-state index in [4.69, 9.17) is 18.6 Å². The van der Waals surface area contributed by atoms with Crippen molar-refractivity contribution in [2.24, 2.45) is 0 Å². The van der Waals surface area contributed by atoms with Crippen molar-refractivity contribution >= 4 is 17.1 Å². The van der Waals surface area contributed by atoms with Gasteiger partial charge in [-0.15, -0.1) is 0 Å². The summed E-state index contributed by atoms with van der Waals surface area (Å²) in [5.74, 6) is 1.37. The molecular weight excluding hydrogens is 422 g/mol. The molecule has 0 bridgehead atoms. The molecule has 1 fully saturated rings. The lowest BCUT2D eigenvalue weighted by Crippen LogP contribution is -2.38. The fourth-order valence-corrected chi connectivity index (χ4v) is 4.29. The molecule has 2 aromatic carbocycles. The van der Waals surface area contributed by atoms with Crippen LogP contribution in [-0.2, 0) is 16.1 Å². The minimum atomic E-state index is -0.315. The van der Waals surface area contributed by atoms with E-state index < -0.39 is 0 Å². The van der Waals surface area contributed by atoms with Crippen molar-refractivity contribution in [2.45, 2.75) is 39.2 Å². The largest absolute Gasteiger partial charge is 0.467 e. The molecule has 1 aromatic heterocycles.